The second-order valence-corrected chi connectivity index (χ2v) is 4.77. The Morgan fingerprint density at radius 2 is 2.30 bits per heavy atom. The molecule has 0 fully saturated rings. The zero-order valence-corrected chi connectivity index (χ0v) is 11.4. The van der Waals surface area contributed by atoms with Gasteiger partial charge in [0.05, 0.1) is 12.5 Å². The third-order valence-electron chi connectivity index (χ3n) is 3.30. The highest BCUT2D eigenvalue weighted by Crippen LogP contribution is 2.26. The minimum absolute atomic E-state index is 0.00329. The summed E-state index contributed by atoms with van der Waals surface area (Å²) in [6.07, 6.45) is 1.16. The molecule has 0 radical (unpaired) electrons. The van der Waals surface area contributed by atoms with Crippen LogP contribution >= 0.6 is 0 Å². The smallest absolute Gasteiger partial charge is 0.227 e. The number of ether oxygens (including phenoxy) is 1. The number of fused-ring (bicyclic) bond motifs is 1. The van der Waals surface area contributed by atoms with Crippen LogP contribution in [0.5, 0.6) is 0 Å². The number of nitrogens with one attached hydrogen (secondary N) is 2. The van der Waals surface area contributed by atoms with Gasteiger partial charge in [0.2, 0.25) is 11.8 Å². The van der Waals surface area contributed by atoms with Crippen molar-refractivity contribution in [2.75, 3.05) is 24.3 Å². The van der Waals surface area contributed by atoms with Crippen LogP contribution in [-0.4, -0.2) is 31.6 Å². The van der Waals surface area contributed by atoms with E-state index in [0.29, 0.717) is 18.7 Å². The summed E-state index contributed by atoms with van der Waals surface area (Å²) in [4.78, 5) is 23.2. The molecule has 1 atom stereocenters. The Labute approximate surface area is 117 Å². The third-order valence-corrected chi connectivity index (χ3v) is 3.30. The van der Waals surface area contributed by atoms with Crippen molar-refractivity contribution in [1.82, 2.24) is 0 Å². The van der Waals surface area contributed by atoms with Gasteiger partial charge < -0.3 is 21.1 Å². The summed E-state index contributed by atoms with van der Waals surface area (Å²) in [6.45, 7) is 0.296. The van der Waals surface area contributed by atoms with Gasteiger partial charge in [-0.2, -0.15) is 0 Å². The van der Waals surface area contributed by atoms with Crippen molar-refractivity contribution in [1.29, 1.82) is 0 Å². The number of anilines is 2. The summed E-state index contributed by atoms with van der Waals surface area (Å²) in [6, 6.07) is 5.52. The highest BCUT2D eigenvalue weighted by Gasteiger charge is 2.16. The average molecular weight is 277 g/mol. The molecule has 1 aromatic rings. The van der Waals surface area contributed by atoms with E-state index in [4.69, 9.17) is 10.5 Å². The SMILES string of the molecule is COC(CN)CC(=O)Nc1ccc2c(c1)NC(=O)CC2. The quantitative estimate of drug-likeness (QED) is 0.744. The first-order valence-corrected chi connectivity index (χ1v) is 6.58. The van der Waals surface area contributed by atoms with E-state index in [1.807, 2.05) is 12.1 Å². The number of methoxy groups -OCH3 is 1. The van der Waals surface area contributed by atoms with Gasteiger partial charge in [-0.3, -0.25) is 9.59 Å². The molecule has 1 aliphatic rings. The first-order chi connectivity index (χ1) is 9.62. The summed E-state index contributed by atoms with van der Waals surface area (Å²) < 4.78 is 5.07. The molecule has 2 rings (SSSR count). The summed E-state index contributed by atoms with van der Waals surface area (Å²) in [5.74, 6) is -0.159. The van der Waals surface area contributed by atoms with Crippen LogP contribution < -0.4 is 16.4 Å². The number of carbonyl (C=O) groups is 2. The van der Waals surface area contributed by atoms with Crippen LogP contribution in [0.1, 0.15) is 18.4 Å². The standard InChI is InChI=1S/C14H19N3O3/c1-20-11(8-15)7-14(19)16-10-4-2-9-3-5-13(18)17-12(9)6-10/h2,4,6,11H,3,5,7-8,15H2,1H3,(H,16,19)(H,17,18). The molecule has 1 unspecified atom stereocenters. The Morgan fingerprint density at radius 1 is 1.50 bits per heavy atom. The summed E-state index contributed by atoms with van der Waals surface area (Å²) >= 11 is 0. The summed E-state index contributed by atoms with van der Waals surface area (Å²) in [5, 5.41) is 5.58. The monoisotopic (exact) mass is 277 g/mol. The van der Waals surface area contributed by atoms with Crippen LogP contribution in [0.3, 0.4) is 0 Å². The van der Waals surface area contributed by atoms with Gasteiger partial charge in [0.1, 0.15) is 0 Å². The van der Waals surface area contributed by atoms with E-state index >= 15 is 0 Å². The van der Waals surface area contributed by atoms with Crippen LogP contribution in [0.15, 0.2) is 18.2 Å². The number of hydrogen-bond donors (Lipinski definition) is 3. The molecular formula is C14H19N3O3. The van der Waals surface area contributed by atoms with Crippen molar-refractivity contribution < 1.29 is 14.3 Å². The zero-order valence-electron chi connectivity index (χ0n) is 11.4. The van der Waals surface area contributed by atoms with Crippen LogP contribution in [0.2, 0.25) is 0 Å². The summed E-state index contributed by atoms with van der Waals surface area (Å²) in [5.41, 5.74) is 7.98. The topological polar surface area (TPSA) is 93.4 Å². The molecule has 0 bridgehead atoms. The fraction of sp³-hybridized carbons (Fsp3) is 0.429. The molecule has 2 amide bonds. The van der Waals surface area contributed by atoms with Crippen molar-refractivity contribution in [3.05, 3.63) is 23.8 Å². The van der Waals surface area contributed by atoms with E-state index in [-0.39, 0.29) is 24.3 Å². The van der Waals surface area contributed by atoms with Crippen molar-refractivity contribution in [3.8, 4) is 0 Å². The molecule has 1 heterocycles. The Bertz CT molecular complexity index is 512. The minimum atomic E-state index is -0.285. The molecule has 0 saturated heterocycles. The van der Waals surface area contributed by atoms with Crippen molar-refractivity contribution in [2.24, 2.45) is 5.73 Å². The summed E-state index contributed by atoms with van der Waals surface area (Å²) in [7, 11) is 1.53. The number of benzene rings is 1. The highest BCUT2D eigenvalue weighted by atomic mass is 16.5. The molecule has 0 spiro atoms. The second-order valence-electron chi connectivity index (χ2n) is 4.77. The number of carbonyl (C=O) groups excluding carboxylic acids is 2. The number of amides is 2. The molecule has 4 N–H and O–H groups in total. The molecule has 0 saturated carbocycles. The molecule has 6 heteroatoms. The molecular weight excluding hydrogens is 258 g/mol. The van der Waals surface area contributed by atoms with Gasteiger partial charge in [-0.15, -0.1) is 0 Å². The average Bonchev–Trinajstić information content (AvgIpc) is 2.44. The van der Waals surface area contributed by atoms with E-state index in [2.05, 4.69) is 10.6 Å². The van der Waals surface area contributed by atoms with E-state index < -0.39 is 0 Å². The normalized spacial score (nSPS) is 15.2. The third kappa shape index (κ3) is 3.55. The fourth-order valence-electron chi connectivity index (χ4n) is 2.13. The fourth-order valence-corrected chi connectivity index (χ4v) is 2.13. The van der Waals surface area contributed by atoms with E-state index in [1.54, 1.807) is 6.07 Å². The maximum Gasteiger partial charge on any atom is 0.227 e. The lowest BCUT2D eigenvalue weighted by molar-refractivity contribution is -0.118. The zero-order chi connectivity index (χ0) is 14.5. The number of nitrogens with two attached hydrogens (primary N) is 1. The van der Waals surface area contributed by atoms with Crippen molar-refractivity contribution in [3.63, 3.8) is 0 Å². The molecule has 0 aliphatic carbocycles. The Balaban J connectivity index is 2.01. The second kappa shape index (κ2) is 6.49. The van der Waals surface area contributed by atoms with Gasteiger partial charge in [-0.25, -0.2) is 0 Å². The van der Waals surface area contributed by atoms with Gasteiger partial charge in [-0.05, 0) is 24.1 Å². The van der Waals surface area contributed by atoms with Gasteiger partial charge in [0, 0.05) is 31.5 Å². The Morgan fingerprint density at radius 3 is 3.00 bits per heavy atom. The predicted molar refractivity (Wildman–Crippen MR) is 76.5 cm³/mol. The van der Waals surface area contributed by atoms with Crippen molar-refractivity contribution >= 4 is 23.2 Å². The maximum absolute atomic E-state index is 11.8. The predicted octanol–water partition coefficient (Wildman–Crippen LogP) is 0.874. The Kier molecular flexibility index (Phi) is 4.70. The van der Waals surface area contributed by atoms with Crippen LogP contribution in [-0.2, 0) is 20.7 Å². The molecule has 6 nitrogen and oxygen atoms in total. The molecule has 1 aliphatic heterocycles. The first-order valence-electron chi connectivity index (χ1n) is 6.58. The van der Waals surface area contributed by atoms with Crippen LogP contribution in [0.4, 0.5) is 11.4 Å². The van der Waals surface area contributed by atoms with Crippen LogP contribution in [0, 0.1) is 0 Å². The van der Waals surface area contributed by atoms with Crippen LogP contribution in [0.25, 0.3) is 0 Å². The maximum atomic E-state index is 11.8. The molecule has 1 aromatic carbocycles. The lowest BCUT2D eigenvalue weighted by atomic mass is 10.0. The van der Waals surface area contributed by atoms with E-state index in [9.17, 15) is 9.59 Å². The highest BCUT2D eigenvalue weighted by molar-refractivity contribution is 5.96. The molecule has 0 aromatic heterocycles. The number of rotatable bonds is 5. The van der Waals surface area contributed by atoms with E-state index in [1.165, 1.54) is 7.11 Å². The van der Waals surface area contributed by atoms with Gasteiger partial charge in [-0.1, -0.05) is 6.07 Å². The number of aryl methyl sites for hydroxylation is 1. The number of hydrogen-bond acceptors (Lipinski definition) is 4. The molecule has 20 heavy (non-hydrogen) atoms. The lowest BCUT2D eigenvalue weighted by Crippen LogP contribution is -2.28. The van der Waals surface area contributed by atoms with Gasteiger partial charge in [0.15, 0.2) is 0 Å². The minimum Gasteiger partial charge on any atom is -0.380 e. The lowest BCUT2D eigenvalue weighted by Gasteiger charge is -2.18. The van der Waals surface area contributed by atoms with Gasteiger partial charge in [0.25, 0.3) is 0 Å². The van der Waals surface area contributed by atoms with Crippen molar-refractivity contribution in [2.45, 2.75) is 25.4 Å². The largest absolute Gasteiger partial charge is 0.380 e. The molecule has 108 valence electrons. The first kappa shape index (κ1) is 14.5. The van der Waals surface area contributed by atoms with E-state index in [0.717, 1.165) is 17.7 Å². The van der Waals surface area contributed by atoms with Gasteiger partial charge >= 0.3 is 0 Å². The Hall–Kier alpha value is -1.92.